The Morgan fingerprint density at radius 1 is 0.345 bits per heavy atom. The highest BCUT2D eigenvalue weighted by Gasteiger charge is 2.19. The first-order chi connectivity index (χ1) is 26.9. The van der Waals surface area contributed by atoms with Gasteiger partial charge in [0.1, 0.15) is 13.2 Å². The third-order valence-electron chi connectivity index (χ3n) is 11.0. The lowest BCUT2D eigenvalue weighted by atomic mass is 10.0. The lowest BCUT2D eigenvalue weighted by molar-refractivity contribution is -0.167. The van der Waals surface area contributed by atoms with Gasteiger partial charge in [-0.3, -0.25) is 14.4 Å². The highest BCUT2D eigenvalue weighted by Crippen LogP contribution is 2.17. The highest BCUT2D eigenvalue weighted by atomic mass is 16.6. The van der Waals surface area contributed by atoms with Gasteiger partial charge < -0.3 is 14.2 Å². The van der Waals surface area contributed by atoms with Crippen molar-refractivity contribution < 1.29 is 28.6 Å². The topological polar surface area (TPSA) is 78.9 Å². The van der Waals surface area contributed by atoms with Crippen LogP contribution in [-0.4, -0.2) is 37.2 Å². The maximum atomic E-state index is 12.7. The summed E-state index contributed by atoms with van der Waals surface area (Å²) in [7, 11) is 0. The lowest BCUT2D eigenvalue weighted by Crippen LogP contribution is -2.30. The summed E-state index contributed by atoms with van der Waals surface area (Å²) < 4.78 is 16.7. The van der Waals surface area contributed by atoms with Gasteiger partial charge in [0, 0.05) is 19.3 Å². The molecule has 0 aliphatic carbocycles. The standard InChI is InChI=1S/C49H94O6/c1-5-7-9-11-13-15-16-17-18-19-20-21-22-23-24-26-27-32-36-40-47(50)53-43-46(55-49(52)42-38-34-28-25-14-12-10-8-6-2)44-54-48(51)41-37-33-30-29-31-35-39-45(3)4/h45-46H,5-44H2,1-4H3/t46-/m0/s1. The second-order valence-electron chi connectivity index (χ2n) is 17.2. The first kappa shape index (κ1) is 53.4. The fraction of sp³-hybridized carbons (Fsp3) is 0.939. The summed E-state index contributed by atoms with van der Waals surface area (Å²) in [5.41, 5.74) is 0. The molecule has 0 aliphatic heterocycles. The Morgan fingerprint density at radius 2 is 0.600 bits per heavy atom. The molecule has 326 valence electrons. The van der Waals surface area contributed by atoms with E-state index in [1.807, 2.05) is 0 Å². The van der Waals surface area contributed by atoms with Crippen LogP contribution in [0.2, 0.25) is 0 Å². The van der Waals surface area contributed by atoms with E-state index >= 15 is 0 Å². The first-order valence-corrected chi connectivity index (χ1v) is 24.4. The van der Waals surface area contributed by atoms with Crippen molar-refractivity contribution in [1.29, 1.82) is 0 Å². The van der Waals surface area contributed by atoms with E-state index in [4.69, 9.17) is 14.2 Å². The quantitative estimate of drug-likeness (QED) is 0.0348. The van der Waals surface area contributed by atoms with Gasteiger partial charge in [-0.05, 0) is 25.2 Å². The number of rotatable bonds is 44. The summed E-state index contributed by atoms with van der Waals surface area (Å²) >= 11 is 0. The molecule has 0 unspecified atom stereocenters. The fourth-order valence-electron chi connectivity index (χ4n) is 7.33. The predicted molar refractivity (Wildman–Crippen MR) is 233 cm³/mol. The number of unbranched alkanes of at least 4 members (excludes halogenated alkanes) is 31. The van der Waals surface area contributed by atoms with E-state index in [0.29, 0.717) is 19.3 Å². The Hall–Kier alpha value is -1.59. The molecule has 55 heavy (non-hydrogen) atoms. The molecule has 0 N–H and O–H groups in total. The molecule has 6 nitrogen and oxygen atoms in total. The van der Waals surface area contributed by atoms with Crippen molar-refractivity contribution in [2.45, 2.75) is 278 Å². The molecule has 0 aromatic heterocycles. The highest BCUT2D eigenvalue weighted by molar-refractivity contribution is 5.71. The smallest absolute Gasteiger partial charge is 0.306 e. The molecule has 0 saturated carbocycles. The monoisotopic (exact) mass is 779 g/mol. The number of esters is 3. The molecule has 0 heterocycles. The van der Waals surface area contributed by atoms with Crippen LogP contribution in [0.5, 0.6) is 0 Å². The summed E-state index contributed by atoms with van der Waals surface area (Å²) in [4.78, 5) is 37.7. The van der Waals surface area contributed by atoms with Gasteiger partial charge in [0.05, 0.1) is 0 Å². The Bertz CT molecular complexity index is 826. The van der Waals surface area contributed by atoms with Crippen LogP contribution < -0.4 is 0 Å². The second kappa shape index (κ2) is 43.5. The van der Waals surface area contributed by atoms with Crippen molar-refractivity contribution in [3.63, 3.8) is 0 Å². The third kappa shape index (κ3) is 43.4. The van der Waals surface area contributed by atoms with Crippen molar-refractivity contribution in [3.8, 4) is 0 Å². The molecule has 0 saturated heterocycles. The lowest BCUT2D eigenvalue weighted by Gasteiger charge is -2.18. The van der Waals surface area contributed by atoms with Gasteiger partial charge in [-0.1, -0.05) is 233 Å². The zero-order chi connectivity index (χ0) is 40.3. The van der Waals surface area contributed by atoms with Crippen LogP contribution in [0.25, 0.3) is 0 Å². The molecule has 1 atom stereocenters. The molecule has 0 radical (unpaired) electrons. The van der Waals surface area contributed by atoms with Gasteiger partial charge in [0.15, 0.2) is 6.10 Å². The maximum absolute atomic E-state index is 12.7. The molecule has 0 rings (SSSR count). The van der Waals surface area contributed by atoms with E-state index in [1.54, 1.807) is 0 Å². The zero-order valence-corrected chi connectivity index (χ0v) is 37.4. The van der Waals surface area contributed by atoms with Crippen molar-refractivity contribution in [1.82, 2.24) is 0 Å². The van der Waals surface area contributed by atoms with Crippen molar-refractivity contribution in [2.24, 2.45) is 5.92 Å². The van der Waals surface area contributed by atoms with Gasteiger partial charge in [-0.2, -0.15) is 0 Å². The molecular weight excluding hydrogens is 685 g/mol. The van der Waals surface area contributed by atoms with E-state index in [-0.39, 0.29) is 31.1 Å². The molecule has 0 bridgehead atoms. The predicted octanol–water partition coefficient (Wildman–Crippen LogP) is 15.5. The van der Waals surface area contributed by atoms with Gasteiger partial charge >= 0.3 is 17.9 Å². The van der Waals surface area contributed by atoms with Gasteiger partial charge in [0.25, 0.3) is 0 Å². The Balaban J connectivity index is 4.17. The number of hydrogen-bond acceptors (Lipinski definition) is 6. The SMILES string of the molecule is CCCCCCCCCCCCCCCCCCCCCC(=O)OC[C@@H](COC(=O)CCCCCCCCC(C)C)OC(=O)CCCCCCCCCCC. The summed E-state index contributed by atoms with van der Waals surface area (Å²) in [6.07, 6.45) is 44.0. The van der Waals surface area contributed by atoms with Crippen molar-refractivity contribution in [2.75, 3.05) is 13.2 Å². The maximum Gasteiger partial charge on any atom is 0.306 e. The molecule has 0 amide bonds. The molecule has 0 spiro atoms. The molecule has 0 aromatic carbocycles. The zero-order valence-electron chi connectivity index (χ0n) is 37.4. The van der Waals surface area contributed by atoms with Crippen molar-refractivity contribution in [3.05, 3.63) is 0 Å². The first-order valence-electron chi connectivity index (χ1n) is 24.4. The second-order valence-corrected chi connectivity index (χ2v) is 17.2. The van der Waals surface area contributed by atoms with Crippen molar-refractivity contribution >= 4 is 17.9 Å². The summed E-state index contributed by atoms with van der Waals surface area (Å²) in [5.74, 6) is -0.0946. The number of ether oxygens (including phenoxy) is 3. The number of carbonyl (C=O) groups is 3. The Morgan fingerprint density at radius 3 is 0.891 bits per heavy atom. The van der Waals surface area contributed by atoms with E-state index in [0.717, 1.165) is 63.7 Å². The van der Waals surface area contributed by atoms with E-state index in [1.165, 1.54) is 167 Å². The van der Waals surface area contributed by atoms with E-state index < -0.39 is 6.10 Å². The van der Waals surface area contributed by atoms with Crippen LogP contribution in [0.4, 0.5) is 0 Å². The number of hydrogen-bond donors (Lipinski definition) is 0. The fourth-order valence-corrected chi connectivity index (χ4v) is 7.33. The molecular formula is C49H94O6. The van der Waals surface area contributed by atoms with Crippen LogP contribution in [0.3, 0.4) is 0 Å². The average molecular weight is 779 g/mol. The van der Waals surface area contributed by atoms with Gasteiger partial charge in [-0.25, -0.2) is 0 Å². The number of carbonyl (C=O) groups excluding carboxylic acids is 3. The Kier molecular flexibility index (Phi) is 42.3. The summed E-state index contributed by atoms with van der Waals surface area (Å²) in [6.45, 7) is 8.92. The molecule has 0 aliphatic rings. The van der Waals surface area contributed by atoms with Crippen LogP contribution in [0, 0.1) is 5.92 Å². The third-order valence-corrected chi connectivity index (χ3v) is 11.0. The van der Waals surface area contributed by atoms with Gasteiger partial charge in [0.2, 0.25) is 0 Å². The molecule has 0 aromatic rings. The molecule has 6 heteroatoms. The van der Waals surface area contributed by atoms with Crippen LogP contribution >= 0.6 is 0 Å². The van der Waals surface area contributed by atoms with Crippen LogP contribution in [0.1, 0.15) is 272 Å². The average Bonchev–Trinajstić information content (AvgIpc) is 3.17. The van der Waals surface area contributed by atoms with E-state index in [2.05, 4.69) is 27.7 Å². The minimum atomic E-state index is -0.759. The summed E-state index contributed by atoms with van der Waals surface area (Å²) in [6, 6.07) is 0. The van der Waals surface area contributed by atoms with Crippen LogP contribution in [0.15, 0.2) is 0 Å². The minimum Gasteiger partial charge on any atom is -0.462 e. The van der Waals surface area contributed by atoms with Crippen LogP contribution in [-0.2, 0) is 28.6 Å². The normalized spacial score (nSPS) is 11.9. The largest absolute Gasteiger partial charge is 0.462 e. The van der Waals surface area contributed by atoms with E-state index in [9.17, 15) is 14.4 Å². The van der Waals surface area contributed by atoms with Gasteiger partial charge in [-0.15, -0.1) is 0 Å². The Labute approximate surface area is 342 Å². The minimum absolute atomic E-state index is 0.0644. The molecule has 0 fully saturated rings. The summed E-state index contributed by atoms with van der Waals surface area (Å²) in [5, 5.41) is 0.